The molecule has 148 valence electrons. The molecular formula is C20H26BN3O4. The van der Waals surface area contributed by atoms with Crippen molar-refractivity contribution in [3.63, 3.8) is 0 Å². The van der Waals surface area contributed by atoms with Crippen LogP contribution in [0.15, 0.2) is 42.6 Å². The summed E-state index contributed by atoms with van der Waals surface area (Å²) in [5.74, 6) is 0.315. The minimum absolute atomic E-state index is 0.315. The Labute approximate surface area is 165 Å². The van der Waals surface area contributed by atoms with Crippen molar-refractivity contribution < 1.29 is 18.8 Å². The van der Waals surface area contributed by atoms with Gasteiger partial charge in [0.2, 0.25) is 5.88 Å². The summed E-state index contributed by atoms with van der Waals surface area (Å²) in [5, 5.41) is 5.61. The van der Waals surface area contributed by atoms with Crippen LogP contribution in [0.5, 0.6) is 5.88 Å². The van der Waals surface area contributed by atoms with E-state index in [0.717, 1.165) is 5.56 Å². The Morgan fingerprint density at radius 2 is 1.79 bits per heavy atom. The first-order chi connectivity index (χ1) is 13.2. The van der Waals surface area contributed by atoms with Crippen LogP contribution in [-0.4, -0.2) is 36.4 Å². The zero-order chi connectivity index (χ0) is 20.4. The molecule has 0 aliphatic carbocycles. The molecule has 2 N–H and O–H groups in total. The number of hydrogen-bond acceptors (Lipinski definition) is 5. The quantitative estimate of drug-likeness (QED) is 0.776. The van der Waals surface area contributed by atoms with Crippen molar-refractivity contribution in [3.05, 3.63) is 48.2 Å². The number of carbonyl (C=O) groups is 1. The molecule has 0 radical (unpaired) electrons. The molecule has 1 aromatic heterocycles. The molecule has 0 bridgehead atoms. The van der Waals surface area contributed by atoms with Crippen molar-refractivity contribution in [1.82, 2.24) is 10.3 Å². The zero-order valence-electron chi connectivity index (χ0n) is 16.9. The van der Waals surface area contributed by atoms with E-state index in [1.54, 1.807) is 12.3 Å². The van der Waals surface area contributed by atoms with Crippen LogP contribution in [0.4, 0.5) is 10.5 Å². The van der Waals surface area contributed by atoms with Crippen LogP contribution in [0, 0.1) is 0 Å². The van der Waals surface area contributed by atoms with Crippen molar-refractivity contribution in [1.29, 1.82) is 0 Å². The lowest BCUT2D eigenvalue weighted by molar-refractivity contribution is 0.00578. The first-order valence-electron chi connectivity index (χ1n) is 9.20. The minimum Gasteiger partial charge on any atom is -0.480 e. The number of carbonyl (C=O) groups excluding carboxylic acids is 1. The van der Waals surface area contributed by atoms with Crippen LogP contribution in [0.1, 0.15) is 33.3 Å². The molecule has 1 fully saturated rings. The van der Waals surface area contributed by atoms with E-state index >= 15 is 0 Å². The standard InChI is InChI=1S/C20H26BN3O4/c1-19(2)20(3,4)28-21(27-19)15-11-16(17(26-5)22-13-15)24-18(25)23-12-14-9-7-6-8-10-14/h6-11,13H,12H2,1-5H3,(H2,23,24,25). The smallest absolute Gasteiger partial charge is 0.480 e. The fourth-order valence-electron chi connectivity index (χ4n) is 2.77. The van der Waals surface area contributed by atoms with Crippen LogP contribution >= 0.6 is 0 Å². The van der Waals surface area contributed by atoms with Crippen molar-refractivity contribution >= 4 is 24.3 Å². The predicted octanol–water partition coefficient (Wildman–Crippen LogP) is 2.71. The van der Waals surface area contributed by atoms with Crippen LogP contribution in [-0.2, 0) is 15.9 Å². The van der Waals surface area contributed by atoms with Crippen LogP contribution in [0.3, 0.4) is 0 Å². The van der Waals surface area contributed by atoms with Gasteiger partial charge in [0.25, 0.3) is 0 Å². The van der Waals surface area contributed by atoms with Gasteiger partial charge in [-0.3, -0.25) is 0 Å². The number of nitrogens with one attached hydrogen (secondary N) is 2. The first kappa shape index (κ1) is 20.2. The third-order valence-corrected chi connectivity index (χ3v) is 5.14. The molecule has 2 aromatic rings. The molecule has 2 amide bonds. The van der Waals surface area contributed by atoms with E-state index in [2.05, 4.69) is 15.6 Å². The molecule has 0 saturated carbocycles. The maximum absolute atomic E-state index is 12.3. The summed E-state index contributed by atoms with van der Waals surface area (Å²) in [6.45, 7) is 8.36. The van der Waals surface area contributed by atoms with E-state index in [1.165, 1.54) is 7.11 Å². The molecule has 0 unspecified atom stereocenters. The van der Waals surface area contributed by atoms with E-state index < -0.39 is 18.3 Å². The lowest BCUT2D eigenvalue weighted by Crippen LogP contribution is -2.41. The molecule has 3 rings (SSSR count). The molecule has 7 nitrogen and oxygen atoms in total. The van der Waals surface area contributed by atoms with Gasteiger partial charge in [-0.15, -0.1) is 0 Å². The molecule has 0 spiro atoms. The number of anilines is 1. The van der Waals surface area contributed by atoms with Gasteiger partial charge in [0.1, 0.15) is 5.69 Å². The lowest BCUT2D eigenvalue weighted by atomic mass is 9.80. The minimum atomic E-state index is -0.573. The second kappa shape index (κ2) is 7.81. The van der Waals surface area contributed by atoms with Crippen LogP contribution < -0.4 is 20.8 Å². The molecule has 8 heteroatoms. The maximum atomic E-state index is 12.3. The van der Waals surface area contributed by atoms with Crippen molar-refractivity contribution in [2.24, 2.45) is 0 Å². The van der Waals surface area contributed by atoms with Crippen LogP contribution in [0.25, 0.3) is 0 Å². The Kier molecular flexibility index (Phi) is 5.63. The monoisotopic (exact) mass is 383 g/mol. The number of hydrogen-bond donors (Lipinski definition) is 2. The number of amides is 2. The summed E-state index contributed by atoms with van der Waals surface area (Å²) in [4.78, 5) is 16.6. The van der Waals surface area contributed by atoms with Crippen molar-refractivity contribution in [2.75, 3.05) is 12.4 Å². The highest BCUT2D eigenvalue weighted by Gasteiger charge is 2.51. The average molecular weight is 383 g/mol. The SMILES string of the molecule is COc1ncc(B2OC(C)(C)C(C)(C)O2)cc1NC(=O)NCc1ccccc1. The highest BCUT2D eigenvalue weighted by Crippen LogP contribution is 2.36. The van der Waals surface area contributed by atoms with Crippen molar-refractivity contribution in [2.45, 2.75) is 45.4 Å². The molecule has 2 heterocycles. The van der Waals surface area contributed by atoms with Gasteiger partial charge in [-0.05, 0) is 39.3 Å². The Bertz CT molecular complexity index is 827. The highest BCUT2D eigenvalue weighted by atomic mass is 16.7. The van der Waals surface area contributed by atoms with E-state index in [1.807, 2.05) is 58.0 Å². The second-order valence-electron chi connectivity index (χ2n) is 7.71. The topological polar surface area (TPSA) is 81.7 Å². The van der Waals surface area contributed by atoms with Gasteiger partial charge in [0, 0.05) is 18.2 Å². The summed E-state index contributed by atoms with van der Waals surface area (Å²) in [5.41, 5.74) is 1.24. The third-order valence-electron chi connectivity index (χ3n) is 5.14. The molecule has 1 aromatic carbocycles. The predicted molar refractivity (Wildman–Crippen MR) is 109 cm³/mol. The summed E-state index contributed by atoms with van der Waals surface area (Å²) in [6, 6.07) is 11.1. The number of urea groups is 1. The normalized spacial score (nSPS) is 17.2. The molecule has 28 heavy (non-hydrogen) atoms. The Morgan fingerprint density at radius 1 is 1.14 bits per heavy atom. The number of aromatic nitrogens is 1. The van der Waals surface area contributed by atoms with Gasteiger partial charge in [0.15, 0.2) is 0 Å². The second-order valence-corrected chi connectivity index (χ2v) is 7.71. The number of rotatable bonds is 5. The van der Waals surface area contributed by atoms with Crippen molar-refractivity contribution in [3.8, 4) is 5.88 Å². The van der Waals surface area contributed by atoms with Gasteiger partial charge in [-0.1, -0.05) is 30.3 Å². The van der Waals surface area contributed by atoms with Gasteiger partial charge in [-0.25, -0.2) is 9.78 Å². The number of ether oxygens (including phenoxy) is 1. The van der Waals surface area contributed by atoms with Gasteiger partial charge in [-0.2, -0.15) is 0 Å². The maximum Gasteiger partial charge on any atom is 0.496 e. The fraction of sp³-hybridized carbons (Fsp3) is 0.400. The summed E-state index contributed by atoms with van der Waals surface area (Å²) >= 11 is 0. The molecule has 0 atom stereocenters. The molecule has 1 aliphatic rings. The van der Waals surface area contributed by atoms with Gasteiger partial charge >= 0.3 is 13.1 Å². The van der Waals surface area contributed by atoms with Gasteiger partial charge in [0.05, 0.1) is 18.3 Å². The molecular weight excluding hydrogens is 357 g/mol. The Hall–Kier alpha value is -2.58. The Balaban J connectivity index is 1.72. The summed E-state index contributed by atoms with van der Waals surface area (Å²) in [7, 11) is 0.931. The number of nitrogens with zero attached hydrogens (tertiary/aromatic N) is 1. The van der Waals surface area contributed by atoms with E-state index in [4.69, 9.17) is 14.0 Å². The first-order valence-corrected chi connectivity index (χ1v) is 9.20. The van der Waals surface area contributed by atoms with E-state index in [9.17, 15) is 4.79 Å². The number of benzene rings is 1. The van der Waals surface area contributed by atoms with Crippen LogP contribution in [0.2, 0.25) is 0 Å². The number of methoxy groups -OCH3 is 1. The molecule has 1 saturated heterocycles. The Morgan fingerprint density at radius 3 is 2.39 bits per heavy atom. The zero-order valence-corrected chi connectivity index (χ0v) is 16.9. The fourth-order valence-corrected chi connectivity index (χ4v) is 2.77. The largest absolute Gasteiger partial charge is 0.496 e. The highest BCUT2D eigenvalue weighted by molar-refractivity contribution is 6.62. The summed E-state index contributed by atoms with van der Waals surface area (Å²) < 4.78 is 17.4. The van der Waals surface area contributed by atoms with E-state index in [0.29, 0.717) is 23.6 Å². The average Bonchev–Trinajstić information content (AvgIpc) is 2.88. The summed E-state index contributed by atoms with van der Waals surface area (Å²) in [6.07, 6.45) is 1.63. The van der Waals surface area contributed by atoms with Gasteiger partial charge < -0.3 is 24.7 Å². The number of pyridine rings is 1. The lowest BCUT2D eigenvalue weighted by Gasteiger charge is -2.32. The van der Waals surface area contributed by atoms with E-state index in [-0.39, 0.29) is 6.03 Å². The third kappa shape index (κ3) is 4.29. The molecule has 1 aliphatic heterocycles.